The summed E-state index contributed by atoms with van der Waals surface area (Å²) in [5.41, 5.74) is 0.304. The van der Waals surface area contributed by atoms with Crippen LogP contribution >= 0.6 is 0 Å². The first-order valence-corrected chi connectivity index (χ1v) is 8.57. The van der Waals surface area contributed by atoms with E-state index < -0.39 is 24.2 Å². The summed E-state index contributed by atoms with van der Waals surface area (Å²) in [4.78, 5) is 23.3. The van der Waals surface area contributed by atoms with E-state index in [-0.39, 0.29) is 28.5 Å². The lowest BCUT2D eigenvalue weighted by molar-refractivity contribution is -0.139. The fourth-order valence-corrected chi connectivity index (χ4v) is 2.64. The number of carboxylic acid groups (broad SMARTS) is 1. The van der Waals surface area contributed by atoms with Gasteiger partial charge >= 0.3 is 11.9 Å². The molecule has 0 atom stereocenters. The highest BCUT2D eigenvalue weighted by molar-refractivity contribution is 6.02. The fraction of sp³-hybridized carbons (Fsp3) is 0.211. The van der Waals surface area contributed by atoms with Crippen LogP contribution in [-0.2, 0) is 17.8 Å². The first kappa shape index (κ1) is 20.1. The van der Waals surface area contributed by atoms with Gasteiger partial charge in [0.15, 0.2) is 0 Å². The maximum absolute atomic E-state index is 14.4. The van der Waals surface area contributed by atoms with E-state index >= 15 is 0 Å². The number of hydrogen-bond donors (Lipinski definition) is 3. The summed E-state index contributed by atoms with van der Waals surface area (Å²) in [7, 11) is 0. The van der Waals surface area contributed by atoms with Crippen LogP contribution in [0.3, 0.4) is 0 Å². The maximum atomic E-state index is 14.4. The molecule has 29 heavy (non-hydrogen) atoms. The van der Waals surface area contributed by atoms with Gasteiger partial charge in [-0.25, -0.2) is 4.79 Å². The number of carboxylic acids is 1. The van der Waals surface area contributed by atoms with Crippen LogP contribution in [0.15, 0.2) is 47.2 Å². The van der Waals surface area contributed by atoms with Crippen LogP contribution in [0.4, 0.5) is 14.5 Å². The predicted octanol–water partition coefficient (Wildman–Crippen LogP) is 3.38. The minimum absolute atomic E-state index is 0.0401. The number of halogens is 2. The van der Waals surface area contributed by atoms with Crippen molar-refractivity contribution in [3.8, 4) is 17.0 Å². The zero-order valence-corrected chi connectivity index (χ0v) is 15.2. The predicted molar refractivity (Wildman–Crippen MR) is 97.9 cm³/mol. The molecule has 2 heterocycles. The summed E-state index contributed by atoms with van der Waals surface area (Å²) in [6.07, 6.45) is 1.46. The van der Waals surface area contributed by atoms with E-state index in [4.69, 9.17) is 9.63 Å². The Morgan fingerprint density at radius 2 is 1.93 bits per heavy atom. The smallest absolute Gasteiger partial charge is 0.339 e. The van der Waals surface area contributed by atoms with Crippen molar-refractivity contribution in [2.45, 2.75) is 25.8 Å². The number of amides is 1. The summed E-state index contributed by atoms with van der Waals surface area (Å²) < 4.78 is 35.1. The Morgan fingerprint density at radius 1 is 1.24 bits per heavy atom. The van der Waals surface area contributed by atoms with Crippen molar-refractivity contribution in [3.63, 3.8) is 0 Å². The van der Waals surface area contributed by atoms with Gasteiger partial charge in [-0.3, -0.25) is 4.79 Å². The maximum Gasteiger partial charge on any atom is 0.339 e. The SMILES string of the molecule is CCn1cc(NC(=O)C(F)(F)Cc2cc(-c3ccc(O)cc3)no2)c(C(=O)O)c1. The number of phenols is 1. The molecule has 0 unspecified atom stereocenters. The van der Waals surface area contributed by atoms with E-state index in [2.05, 4.69) is 5.16 Å². The molecule has 1 amide bonds. The molecule has 0 radical (unpaired) electrons. The average Bonchev–Trinajstić information content (AvgIpc) is 3.29. The van der Waals surface area contributed by atoms with Crippen LogP contribution in [-0.4, -0.2) is 37.7 Å². The van der Waals surface area contributed by atoms with Gasteiger partial charge in [-0.1, -0.05) is 5.16 Å². The summed E-state index contributed by atoms with van der Waals surface area (Å²) in [5.74, 6) is -7.05. The van der Waals surface area contributed by atoms with Crippen LogP contribution in [0.1, 0.15) is 23.0 Å². The van der Waals surface area contributed by atoms with Gasteiger partial charge in [-0.15, -0.1) is 0 Å². The molecule has 3 rings (SSSR count). The lowest BCUT2D eigenvalue weighted by Gasteiger charge is -2.14. The van der Waals surface area contributed by atoms with Gasteiger partial charge < -0.3 is 24.6 Å². The Hall–Kier alpha value is -3.69. The van der Waals surface area contributed by atoms with Crippen molar-refractivity contribution in [1.82, 2.24) is 9.72 Å². The van der Waals surface area contributed by atoms with Crippen molar-refractivity contribution in [2.75, 3.05) is 5.32 Å². The summed E-state index contributed by atoms with van der Waals surface area (Å²) in [6, 6.07) is 7.16. The first-order valence-electron chi connectivity index (χ1n) is 8.57. The number of carbonyl (C=O) groups excluding carboxylic acids is 1. The largest absolute Gasteiger partial charge is 0.508 e. The Balaban J connectivity index is 1.74. The average molecular weight is 405 g/mol. The topological polar surface area (TPSA) is 118 Å². The monoisotopic (exact) mass is 405 g/mol. The second-order valence-electron chi connectivity index (χ2n) is 6.28. The Morgan fingerprint density at radius 3 is 2.55 bits per heavy atom. The normalized spacial score (nSPS) is 11.4. The minimum atomic E-state index is -3.87. The second kappa shape index (κ2) is 7.74. The van der Waals surface area contributed by atoms with E-state index in [0.29, 0.717) is 12.1 Å². The lowest BCUT2D eigenvalue weighted by atomic mass is 10.1. The zero-order chi connectivity index (χ0) is 21.2. The number of aromatic nitrogens is 2. The molecule has 0 bridgehead atoms. The highest BCUT2D eigenvalue weighted by Crippen LogP contribution is 2.27. The third-order valence-electron chi connectivity index (χ3n) is 4.17. The van der Waals surface area contributed by atoms with Crippen molar-refractivity contribution in [1.29, 1.82) is 0 Å². The van der Waals surface area contributed by atoms with Crippen molar-refractivity contribution in [3.05, 3.63) is 54.0 Å². The molecule has 0 aliphatic rings. The summed E-state index contributed by atoms with van der Waals surface area (Å²) in [6.45, 7) is 2.14. The fourth-order valence-electron chi connectivity index (χ4n) is 2.64. The molecule has 152 valence electrons. The quantitative estimate of drug-likeness (QED) is 0.555. The number of aromatic hydroxyl groups is 1. The molecule has 0 aliphatic carbocycles. The number of hydrogen-bond acceptors (Lipinski definition) is 5. The van der Waals surface area contributed by atoms with Gasteiger partial charge in [-0.05, 0) is 31.2 Å². The van der Waals surface area contributed by atoms with Gasteiger partial charge in [-0.2, -0.15) is 8.78 Å². The van der Waals surface area contributed by atoms with Gasteiger partial charge in [0.25, 0.3) is 5.91 Å². The standard InChI is InChI=1S/C19H17F2N3O5/c1-2-24-9-14(17(26)27)16(10-24)22-18(28)19(20,21)8-13-7-15(23-29-13)11-3-5-12(25)6-4-11/h3-7,9-10,25H,2,8H2,1H3,(H,22,28)(H,26,27). The molecule has 10 heteroatoms. The molecule has 1 aromatic carbocycles. The third kappa shape index (κ3) is 4.42. The van der Waals surface area contributed by atoms with E-state index in [9.17, 15) is 23.5 Å². The van der Waals surface area contributed by atoms with Crippen LogP contribution in [0, 0.1) is 0 Å². The van der Waals surface area contributed by atoms with Crippen LogP contribution in [0.2, 0.25) is 0 Å². The molecule has 0 spiro atoms. The molecule has 0 fully saturated rings. The van der Waals surface area contributed by atoms with E-state index in [1.807, 2.05) is 5.32 Å². The van der Waals surface area contributed by atoms with E-state index in [1.54, 1.807) is 6.92 Å². The number of nitrogens with one attached hydrogen (secondary N) is 1. The lowest BCUT2D eigenvalue weighted by Crippen LogP contribution is -2.36. The zero-order valence-electron chi connectivity index (χ0n) is 15.2. The molecule has 3 N–H and O–H groups in total. The number of nitrogens with zero attached hydrogens (tertiary/aromatic N) is 2. The molecular weight excluding hydrogens is 388 g/mol. The molecule has 0 saturated heterocycles. The first-order chi connectivity index (χ1) is 13.7. The molecule has 8 nitrogen and oxygen atoms in total. The van der Waals surface area contributed by atoms with Gasteiger partial charge in [0, 0.05) is 30.6 Å². The minimum Gasteiger partial charge on any atom is -0.508 e. The number of alkyl halides is 2. The Labute approximate surface area is 163 Å². The number of carbonyl (C=O) groups is 2. The number of aromatic carboxylic acids is 1. The Bertz CT molecular complexity index is 1040. The highest BCUT2D eigenvalue weighted by Gasteiger charge is 2.41. The highest BCUT2D eigenvalue weighted by atomic mass is 19.3. The van der Waals surface area contributed by atoms with Crippen molar-refractivity contribution in [2.24, 2.45) is 0 Å². The van der Waals surface area contributed by atoms with Crippen molar-refractivity contribution >= 4 is 17.6 Å². The van der Waals surface area contributed by atoms with E-state index in [1.165, 1.54) is 47.3 Å². The molecule has 0 aliphatic heterocycles. The van der Waals surface area contributed by atoms with Crippen LogP contribution in [0.25, 0.3) is 11.3 Å². The molecular formula is C19H17F2N3O5. The van der Waals surface area contributed by atoms with Gasteiger partial charge in [0.05, 0.1) is 12.1 Å². The second-order valence-corrected chi connectivity index (χ2v) is 6.28. The number of aryl methyl sites for hydroxylation is 1. The summed E-state index contributed by atoms with van der Waals surface area (Å²) >= 11 is 0. The third-order valence-corrected chi connectivity index (χ3v) is 4.17. The van der Waals surface area contributed by atoms with Gasteiger partial charge in [0.2, 0.25) is 0 Å². The molecule has 2 aromatic heterocycles. The van der Waals surface area contributed by atoms with Gasteiger partial charge in [0.1, 0.15) is 22.8 Å². The number of phenolic OH excluding ortho intramolecular Hbond substituents is 1. The Kier molecular flexibility index (Phi) is 5.35. The molecule has 3 aromatic rings. The van der Waals surface area contributed by atoms with Crippen LogP contribution in [0.5, 0.6) is 5.75 Å². The number of anilines is 1. The van der Waals surface area contributed by atoms with Crippen molar-refractivity contribution < 1.29 is 33.1 Å². The number of benzene rings is 1. The van der Waals surface area contributed by atoms with E-state index in [0.717, 1.165) is 0 Å². The molecule has 0 saturated carbocycles. The van der Waals surface area contributed by atoms with Crippen LogP contribution < -0.4 is 5.32 Å². The number of rotatable bonds is 7. The summed E-state index contributed by atoms with van der Waals surface area (Å²) in [5, 5.41) is 24.1.